The minimum atomic E-state index is -0.0213. The topological polar surface area (TPSA) is 67.9 Å². The Bertz CT molecular complexity index is 735. The van der Waals surface area contributed by atoms with Gasteiger partial charge in [-0.15, -0.1) is 0 Å². The highest BCUT2D eigenvalue weighted by molar-refractivity contribution is 5.95. The summed E-state index contributed by atoms with van der Waals surface area (Å²) in [5.74, 6) is 1.78. The fraction of sp³-hybridized carbons (Fsp3) is 0.667. The smallest absolute Gasteiger partial charge is 0.253 e. The van der Waals surface area contributed by atoms with Gasteiger partial charge in [-0.05, 0) is 69.6 Å². The molecule has 2 amide bonds. The predicted molar refractivity (Wildman–Crippen MR) is 117 cm³/mol. The maximum atomic E-state index is 13.0. The number of nitrogens with one attached hydrogen (secondary N) is 1. The Morgan fingerprint density at radius 3 is 2.30 bits per heavy atom. The number of hydrogen-bond donors (Lipinski definition) is 1. The maximum absolute atomic E-state index is 13.0. The molecule has 3 rings (SSSR count). The van der Waals surface area contributed by atoms with Crippen molar-refractivity contribution in [2.75, 3.05) is 20.2 Å². The number of carbonyl (C=O) groups is 2. The zero-order valence-corrected chi connectivity index (χ0v) is 18.8. The van der Waals surface area contributed by atoms with Crippen molar-refractivity contribution in [3.05, 3.63) is 23.8 Å². The van der Waals surface area contributed by atoms with Crippen molar-refractivity contribution in [2.24, 2.45) is 11.8 Å². The molecular weight excluding hydrogens is 380 g/mol. The van der Waals surface area contributed by atoms with Gasteiger partial charge >= 0.3 is 0 Å². The van der Waals surface area contributed by atoms with Crippen LogP contribution in [0.4, 0.5) is 0 Å². The molecule has 0 aromatic heterocycles. The Kier molecular flexibility index (Phi) is 7.62. The Labute approximate surface area is 180 Å². The largest absolute Gasteiger partial charge is 0.493 e. The first-order valence-corrected chi connectivity index (χ1v) is 11.3. The first kappa shape index (κ1) is 22.4. The normalized spacial score (nSPS) is 19.0. The van der Waals surface area contributed by atoms with E-state index in [-0.39, 0.29) is 29.9 Å². The van der Waals surface area contributed by atoms with E-state index in [2.05, 4.69) is 19.2 Å². The summed E-state index contributed by atoms with van der Waals surface area (Å²) in [5.41, 5.74) is 0.599. The summed E-state index contributed by atoms with van der Waals surface area (Å²) in [7, 11) is 1.60. The molecule has 1 aliphatic heterocycles. The molecule has 30 heavy (non-hydrogen) atoms. The number of nitrogens with zero attached hydrogens (tertiary/aromatic N) is 1. The predicted octanol–water partition coefficient (Wildman–Crippen LogP) is 4.03. The van der Waals surface area contributed by atoms with Gasteiger partial charge in [-0.25, -0.2) is 0 Å². The summed E-state index contributed by atoms with van der Waals surface area (Å²) < 4.78 is 11.6. The molecule has 2 fully saturated rings. The SMILES string of the molecule is COc1cc(C(=O)N2CCC(C(=O)NC(C)C(C)C)CC2)ccc1OC1CCCC1. The monoisotopic (exact) mass is 416 g/mol. The number of piperidine rings is 1. The molecule has 6 heteroatoms. The Hall–Kier alpha value is -2.24. The van der Waals surface area contributed by atoms with Gasteiger partial charge in [-0.1, -0.05) is 13.8 Å². The van der Waals surface area contributed by atoms with Crippen molar-refractivity contribution in [3.63, 3.8) is 0 Å². The van der Waals surface area contributed by atoms with Crippen LogP contribution in [0, 0.1) is 11.8 Å². The third-order valence-corrected chi connectivity index (χ3v) is 6.53. The van der Waals surface area contributed by atoms with E-state index in [1.54, 1.807) is 13.2 Å². The van der Waals surface area contributed by atoms with E-state index in [1.807, 2.05) is 24.0 Å². The average molecular weight is 417 g/mol. The number of methoxy groups -OCH3 is 1. The van der Waals surface area contributed by atoms with Crippen molar-refractivity contribution in [3.8, 4) is 11.5 Å². The first-order valence-electron chi connectivity index (χ1n) is 11.3. The van der Waals surface area contributed by atoms with Gasteiger partial charge in [-0.3, -0.25) is 9.59 Å². The molecule has 1 unspecified atom stereocenters. The van der Waals surface area contributed by atoms with Gasteiger partial charge in [0, 0.05) is 30.6 Å². The maximum Gasteiger partial charge on any atom is 0.253 e. The van der Waals surface area contributed by atoms with E-state index < -0.39 is 0 Å². The standard InChI is InChI=1S/C24H36N2O4/c1-16(2)17(3)25-23(27)18-11-13-26(14-12-18)24(28)19-9-10-21(22(15-19)29-4)30-20-7-5-6-8-20/h9-10,15-18,20H,5-8,11-14H2,1-4H3,(H,25,27). The third-order valence-electron chi connectivity index (χ3n) is 6.53. The summed E-state index contributed by atoms with van der Waals surface area (Å²) in [4.78, 5) is 27.3. The van der Waals surface area contributed by atoms with Crippen molar-refractivity contribution in [1.29, 1.82) is 0 Å². The molecule has 0 spiro atoms. The average Bonchev–Trinajstić information content (AvgIpc) is 3.26. The number of hydrogen-bond acceptors (Lipinski definition) is 4. The lowest BCUT2D eigenvalue weighted by Crippen LogP contribution is -2.45. The second-order valence-electron chi connectivity index (χ2n) is 9.00. The van der Waals surface area contributed by atoms with Gasteiger partial charge in [0.1, 0.15) is 0 Å². The van der Waals surface area contributed by atoms with Crippen molar-refractivity contribution >= 4 is 11.8 Å². The van der Waals surface area contributed by atoms with Gasteiger partial charge in [-0.2, -0.15) is 0 Å². The third kappa shape index (κ3) is 5.46. The molecule has 166 valence electrons. The molecule has 1 heterocycles. The van der Waals surface area contributed by atoms with E-state index in [0.717, 1.165) is 12.8 Å². The van der Waals surface area contributed by atoms with Crippen LogP contribution in [-0.2, 0) is 4.79 Å². The lowest BCUT2D eigenvalue weighted by Gasteiger charge is -2.32. The van der Waals surface area contributed by atoms with Gasteiger partial charge in [0.2, 0.25) is 5.91 Å². The van der Waals surface area contributed by atoms with Crippen LogP contribution < -0.4 is 14.8 Å². The van der Waals surface area contributed by atoms with Crippen LogP contribution in [0.25, 0.3) is 0 Å². The minimum absolute atomic E-state index is 0.0184. The van der Waals surface area contributed by atoms with Crippen LogP contribution in [0.1, 0.15) is 69.7 Å². The molecule has 1 aromatic rings. The van der Waals surface area contributed by atoms with E-state index in [0.29, 0.717) is 48.9 Å². The molecule has 0 radical (unpaired) electrons. The highest BCUT2D eigenvalue weighted by Crippen LogP contribution is 2.33. The van der Waals surface area contributed by atoms with E-state index in [1.165, 1.54) is 12.8 Å². The molecule has 1 saturated carbocycles. The fourth-order valence-corrected chi connectivity index (χ4v) is 4.12. The molecule has 1 aliphatic carbocycles. The summed E-state index contributed by atoms with van der Waals surface area (Å²) in [6.07, 6.45) is 6.18. The lowest BCUT2D eigenvalue weighted by atomic mass is 9.94. The Morgan fingerprint density at radius 1 is 1.03 bits per heavy atom. The van der Waals surface area contributed by atoms with Gasteiger partial charge in [0.05, 0.1) is 13.2 Å². The number of rotatable bonds is 7. The number of benzene rings is 1. The van der Waals surface area contributed by atoms with Crippen LogP contribution in [0.5, 0.6) is 11.5 Å². The molecule has 2 aliphatic rings. The molecule has 0 bridgehead atoms. The Morgan fingerprint density at radius 2 is 1.70 bits per heavy atom. The van der Waals surface area contributed by atoms with Crippen LogP contribution in [0.3, 0.4) is 0 Å². The van der Waals surface area contributed by atoms with E-state index in [4.69, 9.17) is 9.47 Å². The number of ether oxygens (including phenoxy) is 2. The lowest BCUT2D eigenvalue weighted by molar-refractivity contribution is -0.127. The summed E-state index contributed by atoms with van der Waals surface area (Å²) in [5, 5.41) is 3.10. The zero-order valence-electron chi connectivity index (χ0n) is 18.8. The van der Waals surface area contributed by atoms with Gasteiger partial charge in [0.25, 0.3) is 5.91 Å². The number of likely N-dealkylation sites (tertiary alicyclic amines) is 1. The minimum Gasteiger partial charge on any atom is -0.493 e. The highest BCUT2D eigenvalue weighted by Gasteiger charge is 2.29. The summed E-state index contributed by atoms with van der Waals surface area (Å²) in [6.45, 7) is 7.43. The van der Waals surface area contributed by atoms with Crippen LogP contribution >= 0.6 is 0 Å². The quantitative estimate of drug-likeness (QED) is 0.729. The van der Waals surface area contributed by atoms with Crippen molar-refractivity contribution in [2.45, 2.75) is 71.4 Å². The molecule has 1 saturated heterocycles. The molecule has 1 aromatic carbocycles. The van der Waals surface area contributed by atoms with Gasteiger partial charge < -0.3 is 19.7 Å². The molecule has 6 nitrogen and oxygen atoms in total. The van der Waals surface area contributed by atoms with Crippen LogP contribution in [-0.4, -0.2) is 49.1 Å². The number of amides is 2. The van der Waals surface area contributed by atoms with Crippen LogP contribution in [0.15, 0.2) is 18.2 Å². The second-order valence-corrected chi connectivity index (χ2v) is 9.00. The zero-order chi connectivity index (χ0) is 21.7. The van der Waals surface area contributed by atoms with Crippen LogP contribution in [0.2, 0.25) is 0 Å². The molecular formula is C24H36N2O4. The van der Waals surface area contributed by atoms with Gasteiger partial charge in [0.15, 0.2) is 11.5 Å². The second kappa shape index (κ2) is 10.2. The Balaban J connectivity index is 1.57. The van der Waals surface area contributed by atoms with Crippen molar-refractivity contribution < 1.29 is 19.1 Å². The number of carbonyl (C=O) groups excluding carboxylic acids is 2. The van der Waals surface area contributed by atoms with E-state index >= 15 is 0 Å². The van der Waals surface area contributed by atoms with Crippen molar-refractivity contribution in [1.82, 2.24) is 10.2 Å². The molecule has 1 atom stereocenters. The highest BCUT2D eigenvalue weighted by atomic mass is 16.5. The first-order chi connectivity index (χ1) is 14.4. The molecule has 1 N–H and O–H groups in total. The summed E-state index contributed by atoms with van der Waals surface area (Å²) >= 11 is 0. The summed E-state index contributed by atoms with van der Waals surface area (Å²) in [6, 6.07) is 5.60. The van der Waals surface area contributed by atoms with E-state index in [9.17, 15) is 9.59 Å². The fourth-order valence-electron chi connectivity index (χ4n) is 4.12.